The van der Waals surface area contributed by atoms with Crippen LogP contribution in [0.2, 0.25) is 0 Å². The Morgan fingerprint density at radius 3 is 2.63 bits per heavy atom. The predicted octanol–water partition coefficient (Wildman–Crippen LogP) is 6.72. The topological polar surface area (TPSA) is 70.6 Å². The van der Waals surface area contributed by atoms with E-state index in [4.69, 9.17) is 9.72 Å². The zero-order valence-corrected chi connectivity index (χ0v) is 26.5. The minimum absolute atomic E-state index is 0.00368. The SMILES string of the molecule is CN(C)CC=CC(=O)N1C(C)(C)Cc2c(sc3ncnc(NC(COCc4cccc(F)c4)c4ccccc4)c23)C1(C)C. The molecule has 226 valence electrons. The Bertz CT molecular complexity index is 1620. The van der Waals surface area contributed by atoms with Crippen molar-refractivity contribution in [3.8, 4) is 0 Å². The van der Waals surface area contributed by atoms with E-state index in [1.807, 2.05) is 54.2 Å². The van der Waals surface area contributed by atoms with Gasteiger partial charge in [0.25, 0.3) is 0 Å². The molecule has 4 aromatic rings. The second-order valence-corrected chi connectivity index (χ2v) is 13.5. The molecule has 7 nitrogen and oxygen atoms in total. The summed E-state index contributed by atoms with van der Waals surface area (Å²) in [5.74, 6) is 0.465. The molecule has 1 aliphatic heterocycles. The number of ether oxygens (including phenoxy) is 1. The fraction of sp³-hybridized carbons (Fsp3) is 0.382. The van der Waals surface area contributed by atoms with Crippen LogP contribution >= 0.6 is 11.3 Å². The number of halogens is 1. The number of hydrogen-bond acceptors (Lipinski definition) is 7. The Labute approximate surface area is 257 Å². The van der Waals surface area contributed by atoms with Gasteiger partial charge in [0, 0.05) is 23.0 Å². The van der Waals surface area contributed by atoms with Crippen molar-refractivity contribution in [2.75, 3.05) is 32.6 Å². The minimum atomic E-state index is -0.549. The summed E-state index contributed by atoms with van der Waals surface area (Å²) in [6.07, 6.45) is 5.88. The molecule has 2 aromatic heterocycles. The molecule has 0 saturated carbocycles. The highest BCUT2D eigenvalue weighted by Gasteiger charge is 2.48. The Balaban J connectivity index is 1.48. The van der Waals surface area contributed by atoms with E-state index in [0.29, 0.717) is 26.2 Å². The normalized spacial score (nSPS) is 16.5. The number of thiophene rings is 1. The van der Waals surface area contributed by atoms with Crippen LogP contribution in [-0.4, -0.2) is 58.5 Å². The number of carbonyl (C=O) groups is 1. The van der Waals surface area contributed by atoms with Gasteiger partial charge in [-0.15, -0.1) is 11.3 Å². The highest BCUT2D eigenvalue weighted by atomic mass is 32.1. The molecular weight excluding hydrogens is 561 g/mol. The van der Waals surface area contributed by atoms with Crippen LogP contribution in [0, 0.1) is 5.82 Å². The zero-order chi connectivity index (χ0) is 30.8. The molecule has 0 aliphatic carbocycles. The fourth-order valence-corrected chi connectivity index (χ4v) is 7.39. The van der Waals surface area contributed by atoms with Crippen molar-refractivity contribution in [2.24, 2.45) is 0 Å². The summed E-state index contributed by atoms with van der Waals surface area (Å²) in [6, 6.07) is 16.4. The van der Waals surface area contributed by atoms with Crippen molar-refractivity contribution >= 4 is 33.3 Å². The number of nitrogens with one attached hydrogen (secondary N) is 1. The number of likely N-dealkylation sites (N-methyl/N-ethyl adjacent to an activating group) is 1. The van der Waals surface area contributed by atoms with Crippen molar-refractivity contribution in [3.05, 3.63) is 100 Å². The number of anilines is 1. The molecule has 0 saturated heterocycles. The Morgan fingerprint density at radius 1 is 1.14 bits per heavy atom. The van der Waals surface area contributed by atoms with Crippen LogP contribution in [0.1, 0.15) is 55.3 Å². The maximum absolute atomic E-state index is 13.7. The van der Waals surface area contributed by atoms with E-state index >= 15 is 0 Å². The third kappa shape index (κ3) is 6.64. The molecule has 0 radical (unpaired) electrons. The van der Waals surface area contributed by atoms with Crippen LogP contribution in [0.5, 0.6) is 0 Å². The van der Waals surface area contributed by atoms with Gasteiger partial charge in [-0.3, -0.25) is 4.79 Å². The first-order valence-electron chi connectivity index (χ1n) is 14.5. The number of nitrogens with zero attached hydrogens (tertiary/aromatic N) is 4. The molecule has 43 heavy (non-hydrogen) atoms. The molecule has 0 fully saturated rings. The summed E-state index contributed by atoms with van der Waals surface area (Å²) in [4.78, 5) is 29.0. The van der Waals surface area contributed by atoms with Gasteiger partial charge in [-0.05, 0) is 77.0 Å². The second kappa shape index (κ2) is 12.5. The Hall–Kier alpha value is -3.66. The summed E-state index contributed by atoms with van der Waals surface area (Å²) in [7, 11) is 3.97. The summed E-state index contributed by atoms with van der Waals surface area (Å²) in [5.41, 5.74) is 2.02. The molecule has 3 heterocycles. The lowest BCUT2D eigenvalue weighted by Crippen LogP contribution is -2.60. The number of rotatable bonds is 10. The zero-order valence-electron chi connectivity index (χ0n) is 25.7. The third-order valence-electron chi connectivity index (χ3n) is 7.82. The average molecular weight is 602 g/mol. The molecule has 1 unspecified atom stereocenters. The summed E-state index contributed by atoms with van der Waals surface area (Å²) < 4.78 is 19.8. The van der Waals surface area contributed by atoms with E-state index in [0.717, 1.165) is 32.0 Å². The van der Waals surface area contributed by atoms with Gasteiger partial charge in [0.05, 0.1) is 30.2 Å². The van der Waals surface area contributed by atoms with Crippen molar-refractivity contribution in [1.29, 1.82) is 0 Å². The fourth-order valence-electron chi connectivity index (χ4n) is 6.14. The maximum Gasteiger partial charge on any atom is 0.247 e. The third-order valence-corrected chi connectivity index (χ3v) is 9.28. The van der Waals surface area contributed by atoms with Crippen molar-refractivity contribution in [2.45, 2.75) is 57.8 Å². The number of carbonyl (C=O) groups excluding carboxylic acids is 1. The summed E-state index contributed by atoms with van der Waals surface area (Å²) in [5, 5.41) is 4.65. The van der Waals surface area contributed by atoms with E-state index in [-0.39, 0.29) is 17.8 Å². The van der Waals surface area contributed by atoms with E-state index in [1.165, 1.54) is 17.7 Å². The summed E-state index contributed by atoms with van der Waals surface area (Å²) >= 11 is 1.63. The number of fused-ring (bicyclic) bond motifs is 3. The number of benzene rings is 2. The van der Waals surface area contributed by atoms with Crippen LogP contribution in [0.4, 0.5) is 10.2 Å². The molecule has 9 heteroatoms. The quantitative estimate of drug-likeness (QED) is 0.204. The molecule has 1 amide bonds. The van der Waals surface area contributed by atoms with E-state index < -0.39 is 11.1 Å². The van der Waals surface area contributed by atoms with Crippen LogP contribution in [0.25, 0.3) is 10.2 Å². The first kappa shape index (κ1) is 30.8. The van der Waals surface area contributed by atoms with Gasteiger partial charge in [-0.25, -0.2) is 14.4 Å². The number of hydrogen-bond donors (Lipinski definition) is 1. The van der Waals surface area contributed by atoms with Gasteiger partial charge >= 0.3 is 0 Å². The highest BCUT2D eigenvalue weighted by molar-refractivity contribution is 7.19. The lowest BCUT2D eigenvalue weighted by molar-refractivity contribution is -0.140. The van der Waals surface area contributed by atoms with E-state index in [9.17, 15) is 9.18 Å². The van der Waals surface area contributed by atoms with Crippen molar-refractivity contribution < 1.29 is 13.9 Å². The van der Waals surface area contributed by atoms with Gasteiger partial charge in [0.1, 0.15) is 22.8 Å². The molecular formula is C34H40FN5O2S. The smallest absolute Gasteiger partial charge is 0.247 e. The molecule has 1 aliphatic rings. The largest absolute Gasteiger partial charge is 0.374 e. The molecule has 2 aromatic carbocycles. The molecule has 5 rings (SSSR count). The maximum atomic E-state index is 13.7. The Morgan fingerprint density at radius 2 is 1.91 bits per heavy atom. The van der Waals surface area contributed by atoms with Gasteiger partial charge in [0.15, 0.2) is 0 Å². The van der Waals surface area contributed by atoms with Crippen LogP contribution in [-0.2, 0) is 28.1 Å². The molecule has 0 spiro atoms. The van der Waals surface area contributed by atoms with Crippen molar-refractivity contribution in [1.82, 2.24) is 19.8 Å². The van der Waals surface area contributed by atoms with E-state index in [1.54, 1.807) is 29.8 Å². The van der Waals surface area contributed by atoms with Crippen LogP contribution < -0.4 is 5.32 Å². The minimum Gasteiger partial charge on any atom is -0.374 e. The van der Waals surface area contributed by atoms with Gasteiger partial charge in [-0.1, -0.05) is 48.5 Å². The summed E-state index contributed by atoms with van der Waals surface area (Å²) in [6.45, 7) is 9.85. The predicted molar refractivity (Wildman–Crippen MR) is 172 cm³/mol. The van der Waals surface area contributed by atoms with Gasteiger partial charge in [-0.2, -0.15) is 0 Å². The molecule has 1 atom stereocenters. The molecule has 0 bridgehead atoms. The second-order valence-electron chi connectivity index (χ2n) is 12.5. The first-order valence-corrected chi connectivity index (χ1v) is 15.3. The van der Waals surface area contributed by atoms with Crippen molar-refractivity contribution in [3.63, 3.8) is 0 Å². The van der Waals surface area contributed by atoms with Crippen LogP contribution in [0.3, 0.4) is 0 Å². The first-order chi connectivity index (χ1) is 20.5. The highest BCUT2D eigenvalue weighted by Crippen LogP contribution is 2.50. The van der Waals surface area contributed by atoms with E-state index in [2.05, 4.69) is 50.1 Å². The monoisotopic (exact) mass is 601 g/mol. The van der Waals surface area contributed by atoms with Gasteiger partial charge in [0.2, 0.25) is 5.91 Å². The lowest BCUT2D eigenvalue weighted by atomic mass is 9.79. The van der Waals surface area contributed by atoms with Gasteiger partial charge < -0.3 is 19.9 Å². The lowest BCUT2D eigenvalue weighted by Gasteiger charge is -2.52. The molecule has 1 N–H and O–H groups in total. The average Bonchev–Trinajstić information content (AvgIpc) is 3.32. The van der Waals surface area contributed by atoms with Crippen LogP contribution in [0.15, 0.2) is 73.1 Å². The number of aromatic nitrogens is 2. The standard InChI is InChI=1S/C34H40FN5O2S/c1-33(2)19-26-29-31(38-27(24-13-8-7-9-14-24)21-42-20-23-12-10-15-25(35)18-23)36-22-37-32(29)43-30(26)34(3,4)40(33)28(41)16-11-17-39(5)6/h7-16,18,22,27H,17,19-21H2,1-6H3,(H,36,37,38). The number of amides is 1. The Kier molecular flexibility index (Phi) is 8.96.